The number of nitrogens with one attached hydrogen (secondary N) is 1. The summed E-state index contributed by atoms with van der Waals surface area (Å²) >= 11 is 0. The first-order valence-electron chi connectivity index (χ1n) is 6.60. The van der Waals surface area contributed by atoms with Crippen LogP contribution in [-0.2, 0) is 0 Å². The molecule has 2 radical (unpaired) electrons. The quantitative estimate of drug-likeness (QED) is 0.428. The second-order valence-electron chi connectivity index (χ2n) is 4.89. The average Bonchev–Trinajstić information content (AvgIpc) is 2.22. The molecule has 0 aromatic rings. The van der Waals surface area contributed by atoms with Gasteiger partial charge in [-0.3, -0.25) is 0 Å². The summed E-state index contributed by atoms with van der Waals surface area (Å²) in [6, 6.07) is 0. The van der Waals surface area contributed by atoms with Crippen molar-refractivity contribution in [1.29, 1.82) is 0 Å². The molecule has 2 heteroatoms. The molecule has 88 valence electrons. The second-order valence-corrected chi connectivity index (χ2v) is 4.89. The molecule has 0 rings (SSSR count). The zero-order valence-electron chi connectivity index (χ0n) is 10.9. The van der Waals surface area contributed by atoms with Crippen molar-refractivity contribution in [2.24, 2.45) is 0 Å². The number of rotatable bonds is 10. The highest BCUT2D eigenvalue weighted by molar-refractivity contribution is 6.14. The van der Waals surface area contributed by atoms with E-state index < -0.39 is 0 Å². The standard InChI is InChI=1S/C13H28BN/c1-4-5-6-7-8-9-10-11-12-13(2,14)15-3/h15H,4-12H2,1-3H3. The predicted octanol–water partition coefficient (Wildman–Crippen LogP) is 3.62. The van der Waals surface area contributed by atoms with E-state index in [1.807, 2.05) is 7.05 Å². The Kier molecular flexibility index (Phi) is 9.28. The number of hydrogen-bond acceptors (Lipinski definition) is 1. The van der Waals surface area contributed by atoms with Gasteiger partial charge in [0.2, 0.25) is 0 Å². The zero-order chi connectivity index (χ0) is 11.6. The minimum atomic E-state index is -0.164. The molecule has 0 aliphatic rings. The highest BCUT2D eigenvalue weighted by Crippen LogP contribution is 2.13. The van der Waals surface area contributed by atoms with Crippen molar-refractivity contribution >= 4 is 7.85 Å². The Balaban J connectivity index is 3.11. The van der Waals surface area contributed by atoms with Crippen molar-refractivity contribution in [2.75, 3.05) is 7.05 Å². The van der Waals surface area contributed by atoms with Crippen LogP contribution in [0.2, 0.25) is 0 Å². The maximum Gasteiger partial charge on any atom is 0.0949 e. The van der Waals surface area contributed by atoms with Crippen LogP contribution in [0.5, 0.6) is 0 Å². The Morgan fingerprint density at radius 2 is 1.40 bits per heavy atom. The molecule has 0 spiro atoms. The average molecular weight is 209 g/mol. The molecule has 0 saturated carbocycles. The molecule has 0 saturated heterocycles. The van der Waals surface area contributed by atoms with Crippen molar-refractivity contribution in [3.05, 3.63) is 0 Å². The van der Waals surface area contributed by atoms with Gasteiger partial charge in [0.05, 0.1) is 7.85 Å². The summed E-state index contributed by atoms with van der Waals surface area (Å²) in [5.41, 5.74) is -0.164. The van der Waals surface area contributed by atoms with Gasteiger partial charge in [-0.05, 0) is 18.9 Å². The molecule has 0 aromatic carbocycles. The maximum atomic E-state index is 5.99. The number of unbranched alkanes of at least 4 members (excludes halogenated alkanes) is 7. The van der Waals surface area contributed by atoms with E-state index in [1.54, 1.807) is 0 Å². The number of hydrogen-bond donors (Lipinski definition) is 1. The summed E-state index contributed by atoms with van der Waals surface area (Å²) in [5, 5.41) is 3.14. The molecule has 0 aromatic heterocycles. The fraction of sp³-hybridized carbons (Fsp3) is 1.00. The lowest BCUT2D eigenvalue weighted by Gasteiger charge is -2.24. The first-order chi connectivity index (χ1) is 7.12. The lowest BCUT2D eigenvalue weighted by Crippen LogP contribution is -2.39. The summed E-state index contributed by atoms with van der Waals surface area (Å²) in [6.07, 6.45) is 12.0. The summed E-state index contributed by atoms with van der Waals surface area (Å²) in [6.45, 7) is 4.33. The van der Waals surface area contributed by atoms with Crippen LogP contribution in [0.25, 0.3) is 0 Å². The first kappa shape index (κ1) is 15.0. The molecule has 0 aliphatic heterocycles. The summed E-state index contributed by atoms with van der Waals surface area (Å²) in [5.74, 6) is 0. The Morgan fingerprint density at radius 1 is 0.933 bits per heavy atom. The van der Waals surface area contributed by atoms with Gasteiger partial charge in [0.25, 0.3) is 0 Å². The Labute approximate surface area is 97.8 Å². The molecule has 15 heavy (non-hydrogen) atoms. The van der Waals surface area contributed by atoms with Gasteiger partial charge in [-0.15, -0.1) is 0 Å². The molecule has 0 fully saturated rings. The van der Waals surface area contributed by atoms with E-state index in [0.717, 1.165) is 6.42 Å². The molecule has 0 bridgehead atoms. The van der Waals surface area contributed by atoms with Crippen LogP contribution in [-0.4, -0.2) is 20.3 Å². The van der Waals surface area contributed by atoms with Crippen molar-refractivity contribution in [1.82, 2.24) is 5.32 Å². The third kappa shape index (κ3) is 10.3. The van der Waals surface area contributed by atoms with Gasteiger partial charge < -0.3 is 5.32 Å². The fourth-order valence-corrected chi connectivity index (χ4v) is 1.75. The molecule has 0 heterocycles. The van der Waals surface area contributed by atoms with Crippen molar-refractivity contribution in [3.8, 4) is 0 Å². The first-order valence-corrected chi connectivity index (χ1v) is 6.60. The van der Waals surface area contributed by atoms with Crippen LogP contribution in [0.15, 0.2) is 0 Å². The maximum absolute atomic E-state index is 5.99. The smallest absolute Gasteiger partial charge is 0.0949 e. The van der Waals surface area contributed by atoms with E-state index in [9.17, 15) is 0 Å². The highest BCUT2D eigenvalue weighted by Gasteiger charge is 2.12. The van der Waals surface area contributed by atoms with Gasteiger partial charge in [-0.25, -0.2) is 0 Å². The van der Waals surface area contributed by atoms with Crippen LogP contribution in [0, 0.1) is 0 Å². The third-order valence-corrected chi connectivity index (χ3v) is 3.12. The highest BCUT2D eigenvalue weighted by atomic mass is 14.9. The fourth-order valence-electron chi connectivity index (χ4n) is 1.75. The van der Waals surface area contributed by atoms with Crippen molar-refractivity contribution < 1.29 is 0 Å². The molecular weight excluding hydrogens is 181 g/mol. The van der Waals surface area contributed by atoms with E-state index in [2.05, 4.69) is 19.2 Å². The molecular formula is C13H28BN. The minimum Gasteiger partial charge on any atom is -0.323 e. The Morgan fingerprint density at radius 3 is 1.87 bits per heavy atom. The lowest BCUT2D eigenvalue weighted by molar-refractivity contribution is 0.461. The van der Waals surface area contributed by atoms with Gasteiger partial charge >= 0.3 is 0 Å². The zero-order valence-corrected chi connectivity index (χ0v) is 10.9. The van der Waals surface area contributed by atoms with Gasteiger partial charge in [0, 0.05) is 0 Å². The summed E-state index contributed by atoms with van der Waals surface area (Å²) < 4.78 is 0. The van der Waals surface area contributed by atoms with Gasteiger partial charge in [-0.1, -0.05) is 65.2 Å². The predicted molar refractivity (Wildman–Crippen MR) is 70.4 cm³/mol. The van der Waals surface area contributed by atoms with E-state index >= 15 is 0 Å². The lowest BCUT2D eigenvalue weighted by atomic mass is 9.76. The minimum absolute atomic E-state index is 0.164. The molecule has 1 unspecified atom stereocenters. The SMILES string of the molecule is [B]C(C)(CCCCCCCCCC)NC. The van der Waals surface area contributed by atoms with E-state index in [1.165, 1.54) is 51.4 Å². The largest absolute Gasteiger partial charge is 0.323 e. The van der Waals surface area contributed by atoms with Crippen LogP contribution in [0.4, 0.5) is 0 Å². The molecule has 1 N–H and O–H groups in total. The van der Waals surface area contributed by atoms with Gasteiger partial charge in [0.1, 0.15) is 0 Å². The van der Waals surface area contributed by atoms with E-state index in [-0.39, 0.29) is 5.44 Å². The normalized spacial score (nSPS) is 15.1. The van der Waals surface area contributed by atoms with Crippen LogP contribution in [0.3, 0.4) is 0 Å². The van der Waals surface area contributed by atoms with Crippen LogP contribution < -0.4 is 5.32 Å². The van der Waals surface area contributed by atoms with Gasteiger partial charge in [-0.2, -0.15) is 0 Å². The molecule has 0 aliphatic carbocycles. The summed E-state index contributed by atoms with van der Waals surface area (Å²) in [7, 11) is 7.92. The second kappa shape index (κ2) is 9.27. The Hall–Kier alpha value is 0.0249. The van der Waals surface area contributed by atoms with Crippen LogP contribution in [0.1, 0.15) is 71.6 Å². The molecule has 0 amide bonds. The van der Waals surface area contributed by atoms with Gasteiger partial charge in [0.15, 0.2) is 0 Å². The Bertz CT molecular complexity index is 134. The molecule has 1 nitrogen and oxygen atoms in total. The molecule has 1 atom stereocenters. The van der Waals surface area contributed by atoms with E-state index in [0.29, 0.717) is 0 Å². The van der Waals surface area contributed by atoms with Crippen molar-refractivity contribution in [3.63, 3.8) is 0 Å². The monoisotopic (exact) mass is 209 g/mol. The topological polar surface area (TPSA) is 12.0 Å². The van der Waals surface area contributed by atoms with Crippen LogP contribution >= 0.6 is 0 Å². The third-order valence-electron chi connectivity index (χ3n) is 3.12. The summed E-state index contributed by atoms with van der Waals surface area (Å²) in [4.78, 5) is 0. The van der Waals surface area contributed by atoms with E-state index in [4.69, 9.17) is 7.85 Å². The van der Waals surface area contributed by atoms with Crippen molar-refractivity contribution in [2.45, 2.75) is 77.1 Å².